The molecular weight excluding hydrogens is 248 g/mol. The molecule has 2 unspecified atom stereocenters. The summed E-state index contributed by atoms with van der Waals surface area (Å²) < 4.78 is 0. The number of amides is 2. The van der Waals surface area contributed by atoms with E-state index < -0.39 is 17.5 Å². The van der Waals surface area contributed by atoms with Gasteiger partial charge in [0.25, 0.3) is 5.56 Å². The van der Waals surface area contributed by atoms with Gasteiger partial charge in [-0.05, 0) is 18.6 Å². The standard InChI is InChI=1S/C12H12N4O3/c13-5-9-4-8(6-16(9)7-17)11(18)15-10-2-1-3-14-12(10)19/h1-3,7-9H,4,6H2,(H,14,19)(H,15,18). The van der Waals surface area contributed by atoms with Gasteiger partial charge in [-0.1, -0.05) is 0 Å². The van der Waals surface area contributed by atoms with Gasteiger partial charge in [0.05, 0.1) is 12.0 Å². The number of hydrogen-bond acceptors (Lipinski definition) is 4. The molecule has 19 heavy (non-hydrogen) atoms. The molecule has 2 heterocycles. The van der Waals surface area contributed by atoms with Gasteiger partial charge in [0.15, 0.2) is 0 Å². The fourth-order valence-electron chi connectivity index (χ4n) is 2.05. The molecule has 0 bridgehead atoms. The summed E-state index contributed by atoms with van der Waals surface area (Å²) in [6, 6.07) is 4.48. The summed E-state index contributed by atoms with van der Waals surface area (Å²) in [5, 5.41) is 11.4. The van der Waals surface area contributed by atoms with Crippen LogP contribution < -0.4 is 10.9 Å². The second-order valence-corrected chi connectivity index (χ2v) is 4.28. The van der Waals surface area contributed by atoms with Gasteiger partial charge in [0.1, 0.15) is 11.7 Å². The number of anilines is 1. The number of nitrogens with zero attached hydrogens (tertiary/aromatic N) is 2. The molecule has 2 atom stereocenters. The topological polar surface area (TPSA) is 106 Å². The van der Waals surface area contributed by atoms with Crippen molar-refractivity contribution in [1.29, 1.82) is 5.26 Å². The minimum atomic E-state index is -0.581. The molecule has 7 heteroatoms. The average Bonchev–Trinajstić information content (AvgIpc) is 2.84. The summed E-state index contributed by atoms with van der Waals surface area (Å²) in [6.45, 7) is 0.193. The molecule has 0 spiro atoms. The normalized spacial score (nSPS) is 21.7. The smallest absolute Gasteiger partial charge is 0.271 e. The number of H-pyrrole nitrogens is 1. The Labute approximate surface area is 108 Å². The Morgan fingerprint density at radius 3 is 3.00 bits per heavy atom. The van der Waals surface area contributed by atoms with Crippen LogP contribution in [0, 0.1) is 17.2 Å². The molecule has 1 aromatic heterocycles. The Bertz CT molecular complexity index is 589. The number of rotatable bonds is 3. The van der Waals surface area contributed by atoms with Crippen molar-refractivity contribution in [3.63, 3.8) is 0 Å². The van der Waals surface area contributed by atoms with E-state index in [2.05, 4.69) is 10.3 Å². The summed E-state index contributed by atoms with van der Waals surface area (Å²) in [7, 11) is 0. The monoisotopic (exact) mass is 260 g/mol. The maximum atomic E-state index is 12.0. The molecule has 2 amide bonds. The van der Waals surface area contributed by atoms with Crippen LogP contribution in [-0.2, 0) is 9.59 Å². The Morgan fingerprint density at radius 2 is 2.42 bits per heavy atom. The highest BCUT2D eigenvalue weighted by molar-refractivity contribution is 5.93. The summed E-state index contributed by atoms with van der Waals surface area (Å²) in [6.07, 6.45) is 2.32. The lowest BCUT2D eigenvalue weighted by Gasteiger charge is -2.11. The number of likely N-dealkylation sites (tertiary alicyclic amines) is 1. The van der Waals surface area contributed by atoms with Crippen LogP contribution in [-0.4, -0.2) is 34.8 Å². The third-order valence-corrected chi connectivity index (χ3v) is 3.07. The predicted octanol–water partition coefficient (Wildman–Crippen LogP) is -0.316. The van der Waals surface area contributed by atoms with Crippen LogP contribution in [0.15, 0.2) is 23.1 Å². The highest BCUT2D eigenvalue weighted by Crippen LogP contribution is 2.22. The van der Waals surface area contributed by atoms with Gasteiger partial charge in [0, 0.05) is 12.7 Å². The number of carbonyl (C=O) groups excluding carboxylic acids is 2. The largest absolute Gasteiger partial charge is 0.328 e. The molecule has 1 saturated heterocycles. The minimum absolute atomic E-state index is 0.158. The maximum Gasteiger partial charge on any atom is 0.271 e. The first-order chi connectivity index (χ1) is 9.15. The summed E-state index contributed by atoms with van der Waals surface area (Å²) in [5.74, 6) is -0.837. The van der Waals surface area contributed by atoms with Gasteiger partial charge in [-0.3, -0.25) is 14.4 Å². The highest BCUT2D eigenvalue weighted by Gasteiger charge is 2.35. The van der Waals surface area contributed by atoms with Crippen LogP contribution in [0.3, 0.4) is 0 Å². The van der Waals surface area contributed by atoms with Crippen LogP contribution in [0.5, 0.6) is 0 Å². The molecule has 0 saturated carbocycles. The zero-order chi connectivity index (χ0) is 13.8. The van der Waals surface area contributed by atoms with Crippen LogP contribution in [0.4, 0.5) is 5.69 Å². The number of aromatic nitrogens is 1. The van der Waals surface area contributed by atoms with E-state index >= 15 is 0 Å². The summed E-state index contributed by atoms with van der Waals surface area (Å²) in [5.41, 5.74) is -0.233. The van der Waals surface area contributed by atoms with E-state index in [-0.39, 0.29) is 24.6 Å². The average molecular weight is 260 g/mol. The van der Waals surface area contributed by atoms with Gasteiger partial charge in [-0.15, -0.1) is 0 Å². The van der Waals surface area contributed by atoms with Crippen molar-refractivity contribution >= 4 is 18.0 Å². The van der Waals surface area contributed by atoms with Crippen LogP contribution in [0.2, 0.25) is 0 Å². The molecule has 0 aliphatic carbocycles. The number of hydrogen-bond donors (Lipinski definition) is 2. The fraction of sp³-hybridized carbons (Fsp3) is 0.333. The molecule has 0 radical (unpaired) electrons. The van der Waals surface area contributed by atoms with E-state index in [1.54, 1.807) is 6.07 Å². The lowest BCUT2D eigenvalue weighted by Crippen LogP contribution is -2.29. The zero-order valence-electron chi connectivity index (χ0n) is 10.00. The highest BCUT2D eigenvalue weighted by atomic mass is 16.2. The van der Waals surface area contributed by atoms with E-state index in [0.29, 0.717) is 6.41 Å². The summed E-state index contributed by atoms with van der Waals surface area (Å²) >= 11 is 0. The zero-order valence-corrected chi connectivity index (χ0v) is 10.00. The molecule has 1 aliphatic rings. The van der Waals surface area contributed by atoms with Gasteiger partial charge >= 0.3 is 0 Å². The number of aromatic amines is 1. The SMILES string of the molecule is N#CC1CC(C(=O)Nc2ccc[nH]c2=O)CN1C=O. The minimum Gasteiger partial charge on any atom is -0.328 e. The van der Waals surface area contributed by atoms with Crippen LogP contribution >= 0.6 is 0 Å². The van der Waals surface area contributed by atoms with Crippen molar-refractivity contribution in [2.75, 3.05) is 11.9 Å². The number of nitriles is 1. The molecule has 2 rings (SSSR count). The third-order valence-electron chi connectivity index (χ3n) is 3.07. The number of carbonyl (C=O) groups is 2. The van der Waals surface area contributed by atoms with Crippen molar-refractivity contribution in [3.05, 3.63) is 28.7 Å². The quantitative estimate of drug-likeness (QED) is 0.726. The second kappa shape index (κ2) is 5.35. The number of nitrogens with one attached hydrogen (secondary N) is 2. The molecule has 2 N–H and O–H groups in total. The van der Waals surface area contributed by atoms with Gasteiger partial charge in [0.2, 0.25) is 12.3 Å². The second-order valence-electron chi connectivity index (χ2n) is 4.28. The van der Waals surface area contributed by atoms with Crippen molar-refractivity contribution in [2.24, 2.45) is 5.92 Å². The predicted molar refractivity (Wildman–Crippen MR) is 66.0 cm³/mol. The van der Waals surface area contributed by atoms with Crippen molar-refractivity contribution in [2.45, 2.75) is 12.5 Å². The maximum absolute atomic E-state index is 12.0. The van der Waals surface area contributed by atoms with E-state index in [1.807, 2.05) is 6.07 Å². The van der Waals surface area contributed by atoms with Crippen LogP contribution in [0.1, 0.15) is 6.42 Å². The molecule has 1 fully saturated rings. The van der Waals surface area contributed by atoms with Crippen molar-refractivity contribution in [1.82, 2.24) is 9.88 Å². The van der Waals surface area contributed by atoms with Gasteiger partial charge in [-0.25, -0.2) is 0 Å². The summed E-state index contributed by atoms with van der Waals surface area (Å²) in [4.78, 5) is 37.9. The van der Waals surface area contributed by atoms with E-state index in [4.69, 9.17) is 5.26 Å². The lowest BCUT2D eigenvalue weighted by atomic mass is 10.1. The first-order valence-corrected chi connectivity index (χ1v) is 5.75. The molecule has 7 nitrogen and oxygen atoms in total. The van der Waals surface area contributed by atoms with Crippen molar-refractivity contribution < 1.29 is 9.59 Å². The third kappa shape index (κ3) is 2.63. The van der Waals surface area contributed by atoms with E-state index in [9.17, 15) is 14.4 Å². The molecule has 0 aromatic carbocycles. The fourth-order valence-corrected chi connectivity index (χ4v) is 2.05. The molecule has 98 valence electrons. The number of pyridine rings is 1. The Balaban J connectivity index is 2.07. The Kier molecular flexibility index (Phi) is 3.61. The lowest BCUT2D eigenvalue weighted by molar-refractivity contribution is -0.120. The van der Waals surface area contributed by atoms with Gasteiger partial charge in [-0.2, -0.15) is 5.26 Å². The Hall–Kier alpha value is -2.62. The van der Waals surface area contributed by atoms with Gasteiger partial charge < -0.3 is 15.2 Å². The van der Waals surface area contributed by atoms with Crippen molar-refractivity contribution in [3.8, 4) is 6.07 Å². The first kappa shape index (κ1) is 12.8. The molecule has 1 aromatic rings. The molecular formula is C12H12N4O3. The van der Waals surface area contributed by atoms with E-state index in [1.165, 1.54) is 17.2 Å². The van der Waals surface area contributed by atoms with E-state index in [0.717, 1.165) is 0 Å². The first-order valence-electron chi connectivity index (χ1n) is 5.75. The molecule has 1 aliphatic heterocycles. The van der Waals surface area contributed by atoms with Crippen LogP contribution in [0.25, 0.3) is 0 Å². The Morgan fingerprint density at radius 1 is 1.63 bits per heavy atom.